The minimum absolute atomic E-state index is 0. The van der Waals surface area contributed by atoms with Crippen LogP contribution in [0.2, 0.25) is 0 Å². The fourth-order valence-corrected chi connectivity index (χ4v) is 2.70. The predicted octanol–water partition coefficient (Wildman–Crippen LogP) is 2.94. The second-order valence-corrected chi connectivity index (χ2v) is 6.36. The summed E-state index contributed by atoms with van der Waals surface area (Å²) in [7, 11) is 0. The molecule has 0 spiro atoms. The summed E-state index contributed by atoms with van der Waals surface area (Å²) < 4.78 is 0. The highest BCUT2D eigenvalue weighted by molar-refractivity contribution is 14.0. The third-order valence-electron chi connectivity index (χ3n) is 3.07. The zero-order valence-electron chi connectivity index (χ0n) is 14.4. The summed E-state index contributed by atoms with van der Waals surface area (Å²) in [6, 6.07) is 2.32. The maximum absolute atomic E-state index is 11.6. The molecule has 1 unspecified atom stereocenters. The van der Waals surface area contributed by atoms with Crippen LogP contribution in [-0.2, 0) is 4.79 Å². The highest BCUT2D eigenvalue weighted by Gasteiger charge is 2.07. The Balaban J connectivity index is 0.00000484. The van der Waals surface area contributed by atoms with Crippen LogP contribution in [0.1, 0.15) is 45.6 Å². The molecule has 0 saturated heterocycles. The first-order valence-electron chi connectivity index (χ1n) is 7.86. The van der Waals surface area contributed by atoms with Gasteiger partial charge >= 0.3 is 0 Å². The van der Waals surface area contributed by atoms with E-state index in [1.54, 1.807) is 11.3 Å². The van der Waals surface area contributed by atoms with Gasteiger partial charge in [0.1, 0.15) is 0 Å². The molecule has 0 radical (unpaired) electrons. The lowest BCUT2D eigenvalue weighted by molar-refractivity contribution is -0.121. The highest BCUT2D eigenvalue weighted by atomic mass is 127. The molecule has 0 aromatic carbocycles. The number of hydrogen-bond acceptors (Lipinski definition) is 3. The lowest BCUT2D eigenvalue weighted by Gasteiger charge is -2.13. The molecule has 0 aliphatic carbocycles. The van der Waals surface area contributed by atoms with Crippen molar-refractivity contribution in [3.05, 3.63) is 22.4 Å². The van der Waals surface area contributed by atoms with Crippen LogP contribution in [0.3, 0.4) is 0 Å². The van der Waals surface area contributed by atoms with Crippen molar-refractivity contribution in [1.29, 1.82) is 0 Å². The van der Waals surface area contributed by atoms with Gasteiger partial charge < -0.3 is 16.0 Å². The normalized spacial score (nSPS) is 12.5. The Kier molecular flexibility index (Phi) is 12.1. The Hall–Kier alpha value is -0.830. The number of hydrogen-bond donors (Lipinski definition) is 3. The molecule has 3 N–H and O–H groups in total. The second-order valence-electron chi connectivity index (χ2n) is 5.58. The highest BCUT2D eigenvalue weighted by Crippen LogP contribution is 2.18. The molecule has 0 aliphatic heterocycles. The molecule has 7 heteroatoms. The van der Waals surface area contributed by atoms with Crippen LogP contribution < -0.4 is 16.0 Å². The van der Waals surface area contributed by atoms with Crippen LogP contribution in [0.4, 0.5) is 0 Å². The molecular weight excluding hydrogens is 423 g/mol. The van der Waals surface area contributed by atoms with Gasteiger partial charge in [0, 0.05) is 38.0 Å². The van der Waals surface area contributed by atoms with E-state index in [-0.39, 0.29) is 35.9 Å². The molecule has 0 aliphatic rings. The Bertz CT molecular complexity index is 463. The number of halogens is 1. The van der Waals surface area contributed by atoms with E-state index in [0.29, 0.717) is 18.9 Å². The molecule has 132 valence electrons. The van der Waals surface area contributed by atoms with E-state index in [1.807, 2.05) is 20.8 Å². The summed E-state index contributed by atoms with van der Waals surface area (Å²) in [5.41, 5.74) is 1.32. The minimum atomic E-state index is 0. The van der Waals surface area contributed by atoms with Gasteiger partial charge in [-0.05, 0) is 43.2 Å². The number of carbonyl (C=O) groups excluding carboxylic acids is 1. The predicted molar refractivity (Wildman–Crippen MR) is 110 cm³/mol. The van der Waals surface area contributed by atoms with Crippen molar-refractivity contribution in [2.24, 2.45) is 4.99 Å². The topological polar surface area (TPSA) is 65.5 Å². The van der Waals surface area contributed by atoms with Crippen molar-refractivity contribution < 1.29 is 4.79 Å². The molecule has 0 fully saturated rings. The number of nitrogens with one attached hydrogen (secondary N) is 3. The maximum atomic E-state index is 11.6. The van der Waals surface area contributed by atoms with E-state index in [9.17, 15) is 4.79 Å². The van der Waals surface area contributed by atoms with Crippen LogP contribution in [0.15, 0.2) is 21.8 Å². The van der Waals surface area contributed by atoms with E-state index >= 15 is 0 Å². The lowest BCUT2D eigenvalue weighted by atomic mass is 10.1. The van der Waals surface area contributed by atoms with Crippen molar-refractivity contribution in [1.82, 2.24) is 16.0 Å². The molecule has 23 heavy (non-hydrogen) atoms. The van der Waals surface area contributed by atoms with Crippen molar-refractivity contribution >= 4 is 47.2 Å². The Labute approximate surface area is 160 Å². The molecule has 0 saturated carbocycles. The third kappa shape index (κ3) is 9.80. The molecule has 1 rings (SSSR count). The zero-order valence-corrected chi connectivity index (χ0v) is 17.5. The van der Waals surface area contributed by atoms with Gasteiger partial charge in [0.25, 0.3) is 0 Å². The van der Waals surface area contributed by atoms with Gasteiger partial charge in [-0.2, -0.15) is 11.3 Å². The molecule has 1 atom stereocenters. The summed E-state index contributed by atoms with van der Waals surface area (Å²) in [6.45, 7) is 10.2. The zero-order chi connectivity index (χ0) is 16.4. The fraction of sp³-hybridized carbons (Fsp3) is 0.625. The monoisotopic (exact) mass is 452 g/mol. The molecule has 5 nitrogen and oxygen atoms in total. The SMILES string of the molecule is CCNC(=NCC(C)c1ccsc1)NCCC(=O)NC(C)C.I. The Morgan fingerprint density at radius 3 is 2.61 bits per heavy atom. The van der Waals surface area contributed by atoms with E-state index in [2.05, 4.69) is 44.7 Å². The van der Waals surface area contributed by atoms with Crippen molar-refractivity contribution in [3.8, 4) is 0 Å². The Morgan fingerprint density at radius 2 is 2.04 bits per heavy atom. The molecule has 0 bridgehead atoms. The molecule has 1 amide bonds. The number of nitrogens with zero attached hydrogens (tertiary/aromatic N) is 1. The molecule has 1 aromatic rings. The lowest BCUT2D eigenvalue weighted by Crippen LogP contribution is -2.40. The second kappa shape index (κ2) is 12.6. The van der Waals surface area contributed by atoms with Crippen LogP contribution in [-0.4, -0.2) is 37.5 Å². The molecule has 1 aromatic heterocycles. The number of guanidine groups is 1. The van der Waals surface area contributed by atoms with E-state index in [4.69, 9.17) is 0 Å². The molecule has 1 heterocycles. The van der Waals surface area contributed by atoms with Gasteiger partial charge in [0.2, 0.25) is 5.91 Å². The first-order valence-corrected chi connectivity index (χ1v) is 8.80. The fourth-order valence-electron chi connectivity index (χ4n) is 1.92. The van der Waals surface area contributed by atoms with Crippen LogP contribution >= 0.6 is 35.3 Å². The number of carbonyl (C=O) groups is 1. The summed E-state index contributed by atoms with van der Waals surface area (Å²) in [6.07, 6.45) is 0.447. The van der Waals surface area contributed by atoms with E-state index < -0.39 is 0 Å². The van der Waals surface area contributed by atoms with Crippen LogP contribution in [0, 0.1) is 0 Å². The van der Waals surface area contributed by atoms with Gasteiger partial charge in [-0.3, -0.25) is 9.79 Å². The van der Waals surface area contributed by atoms with Gasteiger partial charge in [-0.25, -0.2) is 0 Å². The Morgan fingerprint density at radius 1 is 1.30 bits per heavy atom. The van der Waals surface area contributed by atoms with Crippen LogP contribution in [0.5, 0.6) is 0 Å². The van der Waals surface area contributed by atoms with E-state index in [1.165, 1.54) is 5.56 Å². The molecular formula is C16H29IN4OS. The number of rotatable bonds is 8. The first kappa shape index (κ1) is 22.2. The quantitative estimate of drug-likeness (QED) is 0.323. The largest absolute Gasteiger partial charge is 0.357 e. The van der Waals surface area contributed by atoms with E-state index in [0.717, 1.165) is 19.0 Å². The van der Waals surface area contributed by atoms with Crippen molar-refractivity contribution in [2.75, 3.05) is 19.6 Å². The first-order chi connectivity index (χ1) is 10.5. The summed E-state index contributed by atoms with van der Waals surface area (Å²) >= 11 is 1.71. The van der Waals surface area contributed by atoms with Gasteiger partial charge in [0.05, 0.1) is 0 Å². The number of amides is 1. The minimum Gasteiger partial charge on any atom is -0.357 e. The summed E-state index contributed by atoms with van der Waals surface area (Å²) in [5, 5.41) is 13.5. The van der Waals surface area contributed by atoms with Gasteiger partial charge in [-0.15, -0.1) is 24.0 Å². The third-order valence-corrected chi connectivity index (χ3v) is 3.78. The van der Waals surface area contributed by atoms with Crippen molar-refractivity contribution in [2.45, 2.75) is 46.1 Å². The maximum Gasteiger partial charge on any atom is 0.221 e. The number of aliphatic imine (C=N–C) groups is 1. The smallest absolute Gasteiger partial charge is 0.221 e. The summed E-state index contributed by atoms with van der Waals surface area (Å²) in [5.74, 6) is 1.22. The van der Waals surface area contributed by atoms with Crippen LogP contribution in [0.25, 0.3) is 0 Å². The summed E-state index contributed by atoms with van der Waals surface area (Å²) in [4.78, 5) is 16.2. The van der Waals surface area contributed by atoms with Gasteiger partial charge in [-0.1, -0.05) is 6.92 Å². The van der Waals surface area contributed by atoms with Crippen molar-refractivity contribution in [3.63, 3.8) is 0 Å². The average Bonchev–Trinajstić information content (AvgIpc) is 2.97. The number of thiophene rings is 1. The van der Waals surface area contributed by atoms with Gasteiger partial charge in [0.15, 0.2) is 5.96 Å². The average molecular weight is 452 g/mol. The standard InChI is InChI=1S/C16H28N4OS.HI/c1-5-17-16(18-8-6-15(21)20-12(2)3)19-10-13(4)14-7-9-22-11-14;/h7,9,11-13H,5-6,8,10H2,1-4H3,(H,20,21)(H2,17,18,19);1H.